The van der Waals surface area contributed by atoms with Crippen molar-refractivity contribution in [3.63, 3.8) is 0 Å². The lowest BCUT2D eigenvalue weighted by molar-refractivity contribution is 0.402. The van der Waals surface area contributed by atoms with Crippen LogP contribution >= 0.6 is 0 Å². The van der Waals surface area contributed by atoms with Crippen molar-refractivity contribution < 1.29 is 8.81 Å². The number of oxazole rings is 1. The molecule has 3 heterocycles. The van der Waals surface area contributed by atoms with Gasteiger partial charge in [-0.1, -0.05) is 6.07 Å². The number of aromatic nitrogens is 5. The normalized spacial score (nSPS) is 11.8. The highest BCUT2D eigenvalue weighted by atomic mass is 19.1. The molecular formula is C21H20FN7O. The lowest BCUT2D eigenvalue weighted by Crippen LogP contribution is -2.10. The molecule has 9 heteroatoms. The van der Waals surface area contributed by atoms with Crippen LogP contribution in [0.3, 0.4) is 0 Å². The van der Waals surface area contributed by atoms with Crippen molar-refractivity contribution in [2.45, 2.75) is 6.54 Å². The monoisotopic (exact) mass is 405 g/mol. The van der Waals surface area contributed by atoms with Gasteiger partial charge in [-0.25, -0.2) is 9.37 Å². The van der Waals surface area contributed by atoms with Gasteiger partial charge in [-0.3, -0.25) is 14.6 Å². The largest absolute Gasteiger partial charge is 0.423 e. The highest BCUT2D eigenvalue weighted by Gasteiger charge is 2.17. The van der Waals surface area contributed by atoms with Gasteiger partial charge in [0, 0.05) is 25.9 Å². The van der Waals surface area contributed by atoms with Gasteiger partial charge >= 0.3 is 6.01 Å². The number of fused-ring (bicyclic) bond motifs is 2. The highest BCUT2D eigenvalue weighted by molar-refractivity contribution is 5.82. The first-order valence-corrected chi connectivity index (χ1v) is 9.44. The van der Waals surface area contributed by atoms with Gasteiger partial charge in [-0.15, -0.1) is 0 Å². The third-order valence-corrected chi connectivity index (χ3v) is 4.74. The number of imidazole rings is 1. The standard InChI is InChI=1S/C21H20FN7O/c1-27(2)11-13-4-7-19-17(8-13)25-21(30-19)26-20-24-16-9-14(22)5-6-18(16)29(20)15-10-23-28(3)12-15/h4-10,12H,11H2,1-3H3,(H,24,25,26). The third kappa shape index (κ3) is 3.29. The van der Waals surface area contributed by atoms with Crippen molar-refractivity contribution in [1.82, 2.24) is 29.2 Å². The molecule has 0 aliphatic carbocycles. The SMILES string of the molecule is CN(C)Cc1ccc2oc(Nc3nc4cc(F)ccc4n3-c3cnn(C)c3)nc2c1. The van der Waals surface area contributed by atoms with Crippen molar-refractivity contribution in [3.05, 3.63) is 60.2 Å². The summed E-state index contributed by atoms with van der Waals surface area (Å²) in [6, 6.07) is 10.7. The Bertz CT molecular complexity index is 1360. The van der Waals surface area contributed by atoms with Crippen LogP contribution in [-0.2, 0) is 13.6 Å². The summed E-state index contributed by atoms with van der Waals surface area (Å²) in [5, 5.41) is 7.38. The first-order chi connectivity index (χ1) is 14.5. The quantitative estimate of drug-likeness (QED) is 0.479. The second-order valence-corrected chi connectivity index (χ2v) is 7.46. The van der Waals surface area contributed by atoms with Gasteiger partial charge in [0.1, 0.15) is 11.3 Å². The zero-order chi connectivity index (χ0) is 20.8. The van der Waals surface area contributed by atoms with Gasteiger partial charge in [-0.05, 0) is 43.9 Å². The van der Waals surface area contributed by atoms with Gasteiger partial charge < -0.3 is 9.32 Å². The summed E-state index contributed by atoms with van der Waals surface area (Å²) in [5.41, 5.74) is 4.63. The Labute approximate surface area is 171 Å². The Morgan fingerprint density at radius 3 is 2.73 bits per heavy atom. The molecule has 152 valence electrons. The molecule has 0 unspecified atom stereocenters. The Morgan fingerprint density at radius 1 is 1.10 bits per heavy atom. The van der Waals surface area contributed by atoms with Gasteiger partial charge in [0.2, 0.25) is 5.95 Å². The van der Waals surface area contributed by atoms with Gasteiger partial charge in [0.15, 0.2) is 5.58 Å². The van der Waals surface area contributed by atoms with Crippen LogP contribution in [0.15, 0.2) is 53.2 Å². The van der Waals surface area contributed by atoms with Crippen molar-refractivity contribution in [2.24, 2.45) is 7.05 Å². The molecule has 0 bridgehead atoms. The number of anilines is 2. The van der Waals surface area contributed by atoms with E-state index in [9.17, 15) is 4.39 Å². The number of hydrogen-bond donors (Lipinski definition) is 1. The van der Waals surface area contributed by atoms with Crippen LogP contribution in [0.5, 0.6) is 0 Å². The molecule has 0 amide bonds. The highest BCUT2D eigenvalue weighted by Crippen LogP contribution is 2.28. The van der Waals surface area contributed by atoms with Gasteiger partial charge in [0.25, 0.3) is 0 Å². The second-order valence-electron chi connectivity index (χ2n) is 7.46. The zero-order valence-corrected chi connectivity index (χ0v) is 16.8. The molecule has 2 aromatic carbocycles. The first-order valence-electron chi connectivity index (χ1n) is 9.44. The molecule has 5 rings (SSSR count). The van der Waals surface area contributed by atoms with Crippen molar-refractivity contribution >= 4 is 34.1 Å². The lowest BCUT2D eigenvalue weighted by atomic mass is 10.2. The van der Waals surface area contributed by atoms with Crippen LogP contribution in [0.4, 0.5) is 16.4 Å². The average molecular weight is 405 g/mol. The predicted octanol–water partition coefficient (Wildman–Crippen LogP) is 3.84. The summed E-state index contributed by atoms with van der Waals surface area (Å²) >= 11 is 0. The summed E-state index contributed by atoms with van der Waals surface area (Å²) < 4.78 is 23.2. The maximum Gasteiger partial charge on any atom is 0.302 e. The van der Waals surface area contributed by atoms with Crippen LogP contribution in [-0.4, -0.2) is 43.3 Å². The minimum atomic E-state index is -0.347. The number of rotatable bonds is 5. The Balaban J connectivity index is 1.58. The van der Waals surface area contributed by atoms with E-state index in [1.165, 1.54) is 12.1 Å². The molecule has 0 saturated carbocycles. The van der Waals surface area contributed by atoms with Crippen LogP contribution in [0.25, 0.3) is 27.8 Å². The van der Waals surface area contributed by atoms with E-state index in [-0.39, 0.29) is 5.82 Å². The molecule has 8 nitrogen and oxygen atoms in total. The number of aryl methyl sites for hydroxylation is 1. The Kier molecular flexibility index (Phi) is 4.25. The minimum absolute atomic E-state index is 0.313. The Hall–Kier alpha value is -3.72. The molecule has 0 saturated heterocycles. The summed E-state index contributed by atoms with van der Waals surface area (Å²) in [6.45, 7) is 0.813. The minimum Gasteiger partial charge on any atom is -0.423 e. The fraction of sp³-hybridized carbons (Fsp3) is 0.190. The summed E-state index contributed by atoms with van der Waals surface area (Å²) in [5.74, 6) is 0.115. The second kappa shape index (κ2) is 6.96. The van der Waals surface area contributed by atoms with Crippen molar-refractivity contribution in [1.29, 1.82) is 0 Å². The maximum absolute atomic E-state index is 13.8. The molecule has 0 radical (unpaired) electrons. The van der Waals surface area contributed by atoms with E-state index in [0.29, 0.717) is 23.1 Å². The van der Waals surface area contributed by atoms with E-state index in [0.717, 1.165) is 28.8 Å². The number of hydrogen-bond acceptors (Lipinski definition) is 6. The third-order valence-electron chi connectivity index (χ3n) is 4.74. The number of nitrogens with zero attached hydrogens (tertiary/aromatic N) is 6. The van der Waals surface area contributed by atoms with E-state index in [2.05, 4.69) is 25.3 Å². The van der Waals surface area contributed by atoms with Crippen LogP contribution in [0, 0.1) is 5.82 Å². The molecule has 5 aromatic rings. The fourth-order valence-corrected chi connectivity index (χ4v) is 3.51. The first kappa shape index (κ1) is 18.3. The molecule has 0 fully saturated rings. The van der Waals surface area contributed by atoms with Crippen molar-refractivity contribution in [3.8, 4) is 5.69 Å². The van der Waals surface area contributed by atoms with Gasteiger partial charge in [-0.2, -0.15) is 10.1 Å². The van der Waals surface area contributed by atoms with E-state index >= 15 is 0 Å². The van der Waals surface area contributed by atoms with Crippen LogP contribution in [0.2, 0.25) is 0 Å². The molecule has 0 aliphatic rings. The lowest BCUT2D eigenvalue weighted by Gasteiger charge is -2.08. The number of benzene rings is 2. The fourth-order valence-electron chi connectivity index (χ4n) is 3.51. The number of halogens is 1. The topological polar surface area (TPSA) is 76.9 Å². The van der Waals surface area contributed by atoms with Crippen LogP contribution < -0.4 is 5.32 Å². The molecule has 0 spiro atoms. The number of nitrogens with one attached hydrogen (secondary N) is 1. The molecule has 3 aromatic heterocycles. The maximum atomic E-state index is 13.8. The zero-order valence-electron chi connectivity index (χ0n) is 16.8. The van der Waals surface area contributed by atoms with Gasteiger partial charge in [0.05, 0.1) is 22.9 Å². The van der Waals surface area contributed by atoms with E-state index in [4.69, 9.17) is 4.42 Å². The van der Waals surface area contributed by atoms with E-state index in [1.807, 2.05) is 50.1 Å². The molecule has 0 aliphatic heterocycles. The van der Waals surface area contributed by atoms with E-state index < -0.39 is 0 Å². The summed E-state index contributed by atoms with van der Waals surface area (Å²) in [7, 11) is 5.87. The molecule has 0 atom stereocenters. The Morgan fingerprint density at radius 2 is 1.97 bits per heavy atom. The molecule has 30 heavy (non-hydrogen) atoms. The molecular weight excluding hydrogens is 385 g/mol. The summed E-state index contributed by atoms with van der Waals surface area (Å²) in [6.07, 6.45) is 3.57. The van der Waals surface area contributed by atoms with Crippen LogP contribution in [0.1, 0.15) is 5.56 Å². The van der Waals surface area contributed by atoms with E-state index in [1.54, 1.807) is 16.9 Å². The predicted molar refractivity (Wildman–Crippen MR) is 112 cm³/mol. The average Bonchev–Trinajstić information content (AvgIpc) is 3.36. The summed E-state index contributed by atoms with van der Waals surface area (Å²) in [4.78, 5) is 11.2. The van der Waals surface area contributed by atoms with Crippen molar-refractivity contribution in [2.75, 3.05) is 19.4 Å². The molecule has 1 N–H and O–H groups in total. The smallest absolute Gasteiger partial charge is 0.302 e.